The van der Waals surface area contributed by atoms with E-state index in [0.717, 1.165) is 9.76 Å². The number of benzene rings is 3. The Bertz CT molecular complexity index is 936. The molecule has 1 nitrogen and oxygen atoms in total. The third-order valence-corrected chi connectivity index (χ3v) is 6.62. The van der Waals surface area contributed by atoms with E-state index in [9.17, 15) is 0 Å². The zero-order chi connectivity index (χ0) is 19.2. The van der Waals surface area contributed by atoms with Gasteiger partial charge in [-0.3, -0.25) is 4.98 Å². The fourth-order valence-electron chi connectivity index (χ4n) is 3.38. The predicted octanol–water partition coefficient (Wildman–Crippen LogP) is 6.48. The first-order chi connectivity index (χ1) is 13.8. The Morgan fingerprint density at radius 1 is 0.607 bits per heavy atom. The van der Waals surface area contributed by atoms with E-state index in [1.165, 1.54) is 16.7 Å². The lowest BCUT2D eigenvalue weighted by atomic mass is 9.84. The van der Waals surface area contributed by atoms with Crippen molar-refractivity contribution in [2.75, 3.05) is 0 Å². The Balaban J connectivity index is 1.95. The van der Waals surface area contributed by atoms with E-state index in [-0.39, 0.29) is 0 Å². The summed E-state index contributed by atoms with van der Waals surface area (Å²) in [6.45, 7) is 0. The second-order valence-electron chi connectivity index (χ2n) is 6.40. The average Bonchev–Trinajstić information content (AvgIpc) is 2.80. The van der Waals surface area contributed by atoms with Gasteiger partial charge in [-0.2, -0.15) is 0 Å². The van der Waals surface area contributed by atoms with Crippen molar-refractivity contribution in [2.24, 2.45) is 0 Å². The summed E-state index contributed by atoms with van der Waals surface area (Å²) in [5, 5.41) is 0. The van der Waals surface area contributed by atoms with Gasteiger partial charge in [-0.15, -0.1) is 0 Å². The third kappa shape index (κ3) is 3.64. The van der Waals surface area contributed by atoms with Crippen molar-refractivity contribution in [1.82, 2.24) is 4.98 Å². The number of hydrogen-bond donors (Lipinski definition) is 0. The number of rotatable bonds is 5. The highest BCUT2D eigenvalue weighted by Crippen LogP contribution is 2.49. The summed E-state index contributed by atoms with van der Waals surface area (Å²) in [5.74, 6) is 0. The number of thioether (sulfide) groups is 1. The standard InChI is InChI=1S/C25H19NS2/c27-24(20-16-18-26-19-17-20)28-25(21-10-4-1-5-11-21,22-12-6-2-7-13-22)23-14-8-3-9-15-23/h1-19H. The van der Waals surface area contributed by atoms with Gasteiger partial charge >= 0.3 is 0 Å². The van der Waals surface area contributed by atoms with Crippen LogP contribution in [0.15, 0.2) is 116 Å². The summed E-state index contributed by atoms with van der Waals surface area (Å²) in [7, 11) is 0. The van der Waals surface area contributed by atoms with Crippen LogP contribution in [-0.2, 0) is 4.75 Å². The van der Waals surface area contributed by atoms with Gasteiger partial charge in [0, 0.05) is 18.0 Å². The van der Waals surface area contributed by atoms with Crippen LogP contribution in [0.2, 0.25) is 0 Å². The highest BCUT2D eigenvalue weighted by molar-refractivity contribution is 8.24. The van der Waals surface area contributed by atoms with E-state index >= 15 is 0 Å². The molecule has 4 aromatic rings. The molecular formula is C25H19NS2. The van der Waals surface area contributed by atoms with Crippen LogP contribution in [0.25, 0.3) is 0 Å². The van der Waals surface area contributed by atoms with Crippen LogP contribution in [0.1, 0.15) is 22.3 Å². The summed E-state index contributed by atoms with van der Waals surface area (Å²) >= 11 is 7.61. The average molecular weight is 398 g/mol. The van der Waals surface area contributed by atoms with Gasteiger partial charge in [-0.1, -0.05) is 115 Å². The highest BCUT2D eigenvalue weighted by atomic mass is 32.2. The van der Waals surface area contributed by atoms with E-state index in [0.29, 0.717) is 0 Å². The predicted molar refractivity (Wildman–Crippen MR) is 123 cm³/mol. The minimum atomic E-state index is -0.440. The molecule has 4 rings (SSSR count). The van der Waals surface area contributed by atoms with E-state index in [1.54, 1.807) is 24.2 Å². The fourth-order valence-corrected chi connectivity index (χ4v) is 5.19. The second-order valence-corrected chi connectivity index (χ2v) is 8.30. The number of hydrogen-bond acceptors (Lipinski definition) is 3. The molecule has 28 heavy (non-hydrogen) atoms. The summed E-state index contributed by atoms with van der Waals surface area (Å²) in [6.07, 6.45) is 3.58. The summed E-state index contributed by atoms with van der Waals surface area (Å²) in [6, 6.07) is 35.7. The molecule has 0 bridgehead atoms. The zero-order valence-electron chi connectivity index (χ0n) is 15.2. The van der Waals surface area contributed by atoms with Gasteiger partial charge in [0.1, 0.15) is 0 Å². The van der Waals surface area contributed by atoms with Crippen molar-refractivity contribution >= 4 is 28.2 Å². The Morgan fingerprint density at radius 2 is 1.00 bits per heavy atom. The first kappa shape index (κ1) is 18.6. The van der Waals surface area contributed by atoms with Crippen molar-refractivity contribution in [1.29, 1.82) is 0 Å². The number of aromatic nitrogens is 1. The number of pyridine rings is 1. The molecule has 0 fully saturated rings. The molecule has 0 amide bonds. The molecule has 0 N–H and O–H groups in total. The smallest absolute Gasteiger partial charge is 0.0962 e. The molecule has 0 aliphatic rings. The molecular weight excluding hydrogens is 378 g/mol. The van der Waals surface area contributed by atoms with Gasteiger partial charge in [0.15, 0.2) is 0 Å². The van der Waals surface area contributed by atoms with Crippen molar-refractivity contribution < 1.29 is 0 Å². The molecule has 0 aliphatic heterocycles. The minimum Gasteiger partial charge on any atom is -0.265 e. The topological polar surface area (TPSA) is 12.9 Å². The number of nitrogens with zero attached hydrogens (tertiary/aromatic N) is 1. The summed E-state index contributed by atoms with van der Waals surface area (Å²) in [5.41, 5.74) is 4.62. The Morgan fingerprint density at radius 3 is 1.39 bits per heavy atom. The van der Waals surface area contributed by atoms with Crippen LogP contribution in [-0.4, -0.2) is 9.18 Å². The lowest BCUT2D eigenvalue weighted by Gasteiger charge is -2.35. The van der Waals surface area contributed by atoms with Crippen LogP contribution in [0.3, 0.4) is 0 Å². The molecule has 0 atom stereocenters. The van der Waals surface area contributed by atoms with Crippen molar-refractivity contribution in [3.8, 4) is 0 Å². The van der Waals surface area contributed by atoms with Gasteiger partial charge in [0.2, 0.25) is 0 Å². The first-order valence-corrected chi connectivity index (χ1v) is 10.3. The normalized spacial score (nSPS) is 11.1. The Hall–Kier alpha value is -2.75. The maximum atomic E-state index is 5.90. The zero-order valence-corrected chi connectivity index (χ0v) is 16.9. The van der Waals surface area contributed by atoms with E-state index in [2.05, 4.69) is 96.0 Å². The molecule has 1 heterocycles. The molecule has 0 spiro atoms. The molecule has 3 heteroatoms. The van der Waals surface area contributed by atoms with E-state index in [1.807, 2.05) is 12.1 Å². The van der Waals surface area contributed by atoms with Gasteiger partial charge in [-0.05, 0) is 28.8 Å². The Labute approximate surface area is 175 Å². The third-order valence-electron chi connectivity index (χ3n) is 4.70. The van der Waals surface area contributed by atoms with Crippen LogP contribution in [0, 0.1) is 0 Å². The van der Waals surface area contributed by atoms with Crippen LogP contribution >= 0.6 is 24.0 Å². The monoisotopic (exact) mass is 397 g/mol. The lowest BCUT2D eigenvalue weighted by molar-refractivity contribution is 0.901. The largest absolute Gasteiger partial charge is 0.265 e. The van der Waals surface area contributed by atoms with E-state index in [4.69, 9.17) is 12.2 Å². The molecule has 136 valence electrons. The van der Waals surface area contributed by atoms with Crippen LogP contribution < -0.4 is 0 Å². The van der Waals surface area contributed by atoms with Gasteiger partial charge in [-0.25, -0.2) is 0 Å². The first-order valence-electron chi connectivity index (χ1n) is 9.10. The van der Waals surface area contributed by atoms with Crippen LogP contribution in [0.4, 0.5) is 0 Å². The summed E-state index contributed by atoms with van der Waals surface area (Å²) < 4.78 is 0.406. The van der Waals surface area contributed by atoms with Crippen molar-refractivity contribution in [2.45, 2.75) is 4.75 Å². The maximum absolute atomic E-state index is 5.90. The fraction of sp³-hybridized carbons (Fsp3) is 0.0400. The number of thiocarbonyl (C=S) groups is 1. The minimum absolute atomic E-state index is 0.440. The highest BCUT2D eigenvalue weighted by Gasteiger charge is 2.38. The molecule has 0 saturated carbocycles. The van der Waals surface area contributed by atoms with Crippen LogP contribution in [0.5, 0.6) is 0 Å². The molecule has 0 saturated heterocycles. The maximum Gasteiger partial charge on any atom is 0.0962 e. The van der Waals surface area contributed by atoms with Gasteiger partial charge < -0.3 is 0 Å². The van der Waals surface area contributed by atoms with Gasteiger partial charge in [0.05, 0.1) is 8.94 Å². The SMILES string of the molecule is S=C(SC(c1ccccc1)(c1ccccc1)c1ccccc1)c1ccncc1. The summed E-state index contributed by atoms with van der Waals surface area (Å²) in [4.78, 5) is 4.13. The molecule has 0 unspecified atom stereocenters. The Kier molecular flexibility index (Phi) is 5.65. The molecule has 0 aliphatic carbocycles. The quantitative estimate of drug-likeness (QED) is 0.282. The van der Waals surface area contributed by atoms with Crippen molar-refractivity contribution in [3.63, 3.8) is 0 Å². The van der Waals surface area contributed by atoms with Gasteiger partial charge in [0.25, 0.3) is 0 Å². The van der Waals surface area contributed by atoms with E-state index < -0.39 is 4.75 Å². The second kappa shape index (κ2) is 8.51. The lowest BCUT2D eigenvalue weighted by Crippen LogP contribution is -2.27. The molecule has 1 aromatic heterocycles. The van der Waals surface area contributed by atoms with Crippen molar-refractivity contribution in [3.05, 3.63) is 138 Å². The molecule has 3 aromatic carbocycles. The molecule has 0 radical (unpaired) electrons.